The molecule has 0 N–H and O–H groups in total. The molecule has 0 bridgehead atoms. The summed E-state index contributed by atoms with van der Waals surface area (Å²) in [5.41, 5.74) is 0.870. The van der Waals surface area contributed by atoms with Crippen LogP contribution >= 0.6 is 0 Å². The minimum Gasteiger partial charge on any atom is -0.549 e. The SMILES string of the molecule is CCCCC(CCCC)[SiH2]Oc1ccccc1. The van der Waals surface area contributed by atoms with Gasteiger partial charge in [-0.05, 0) is 17.7 Å². The summed E-state index contributed by atoms with van der Waals surface area (Å²) in [5.74, 6) is 1.07. The summed E-state index contributed by atoms with van der Waals surface area (Å²) in [6.45, 7) is 4.55. The van der Waals surface area contributed by atoms with Crippen LogP contribution in [0, 0.1) is 0 Å². The van der Waals surface area contributed by atoms with Gasteiger partial charge in [0.05, 0.1) is 0 Å². The van der Waals surface area contributed by atoms with E-state index in [1.807, 2.05) is 6.07 Å². The molecule has 0 amide bonds. The van der Waals surface area contributed by atoms with Crippen molar-refractivity contribution in [3.05, 3.63) is 30.3 Å². The van der Waals surface area contributed by atoms with Crippen LogP contribution in [-0.2, 0) is 0 Å². The molecule has 96 valence electrons. The molecule has 1 aromatic carbocycles. The fourth-order valence-electron chi connectivity index (χ4n) is 2.03. The molecule has 0 atom stereocenters. The smallest absolute Gasteiger partial charge is 0.222 e. The quantitative estimate of drug-likeness (QED) is 0.593. The average molecular weight is 250 g/mol. The maximum Gasteiger partial charge on any atom is 0.222 e. The lowest BCUT2D eigenvalue weighted by Gasteiger charge is -2.16. The minimum atomic E-state index is -0.414. The Morgan fingerprint density at radius 2 is 1.59 bits per heavy atom. The Morgan fingerprint density at radius 3 is 2.12 bits per heavy atom. The summed E-state index contributed by atoms with van der Waals surface area (Å²) in [4.78, 5) is 0. The summed E-state index contributed by atoms with van der Waals surface area (Å²) in [6.07, 6.45) is 8.08. The minimum absolute atomic E-state index is 0.414. The zero-order valence-electron chi connectivity index (χ0n) is 11.3. The molecule has 1 aromatic rings. The molecule has 0 heterocycles. The van der Waals surface area contributed by atoms with E-state index in [4.69, 9.17) is 4.43 Å². The van der Waals surface area contributed by atoms with Gasteiger partial charge in [-0.25, -0.2) is 0 Å². The first-order valence-electron chi connectivity index (χ1n) is 7.04. The fraction of sp³-hybridized carbons (Fsp3) is 0.600. The second-order valence-electron chi connectivity index (χ2n) is 4.77. The number of unbranched alkanes of at least 4 members (excludes halogenated alkanes) is 2. The molecule has 0 aliphatic carbocycles. The standard InChI is InChI=1S/C15H26OSi/c1-3-5-12-15(13-6-4-2)17-16-14-10-8-7-9-11-14/h7-11,15H,3-6,12-13,17H2,1-2H3. The van der Waals surface area contributed by atoms with Crippen LogP contribution in [0.3, 0.4) is 0 Å². The fourth-order valence-corrected chi connectivity index (χ4v) is 3.56. The molecule has 0 aliphatic heterocycles. The largest absolute Gasteiger partial charge is 0.549 e. The van der Waals surface area contributed by atoms with E-state index in [1.54, 1.807) is 0 Å². The van der Waals surface area contributed by atoms with Crippen molar-refractivity contribution in [1.29, 1.82) is 0 Å². The van der Waals surface area contributed by atoms with Crippen molar-refractivity contribution in [3.63, 3.8) is 0 Å². The van der Waals surface area contributed by atoms with Crippen molar-refractivity contribution in [1.82, 2.24) is 0 Å². The van der Waals surface area contributed by atoms with Gasteiger partial charge in [0.25, 0.3) is 0 Å². The highest BCUT2D eigenvalue weighted by molar-refractivity contribution is 6.30. The number of benzene rings is 1. The molecule has 0 aromatic heterocycles. The predicted octanol–water partition coefficient (Wildman–Crippen LogP) is 4.32. The summed E-state index contributed by atoms with van der Waals surface area (Å²) in [5, 5.41) is 0. The first kappa shape index (κ1) is 14.3. The van der Waals surface area contributed by atoms with Crippen LogP contribution in [0.1, 0.15) is 52.4 Å². The average Bonchev–Trinajstić information content (AvgIpc) is 2.39. The number of hydrogen-bond donors (Lipinski definition) is 0. The first-order chi connectivity index (χ1) is 8.36. The molecule has 1 nitrogen and oxygen atoms in total. The van der Waals surface area contributed by atoms with Gasteiger partial charge in [0.15, 0.2) is 0 Å². The van der Waals surface area contributed by atoms with E-state index < -0.39 is 9.76 Å². The van der Waals surface area contributed by atoms with Gasteiger partial charge in [-0.3, -0.25) is 0 Å². The lowest BCUT2D eigenvalue weighted by atomic mass is 10.1. The number of para-hydroxylation sites is 1. The van der Waals surface area contributed by atoms with Gasteiger partial charge < -0.3 is 4.43 Å². The van der Waals surface area contributed by atoms with E-state index in [0.29, 0.717) is 0 Å². The zero-order chi connectivity index (χ0) is 12.3. The van der Waals surface area contributed by atoms with Crippen LogP contribution in [0.5, 0.6) is 5.75 Å². The number of hydrogen-bond acceptors (Lipinski definition) is 1. The molecular formula is C15H26OSi. The van der Waals surface area contributed by atoms with E-state index in [-0.39, 0.29) is 0 Å². The Morgan fingerprint density at radius 1 is 1.00 bits per heavy atom. The molecule has 2 heteroatoms. The van der Waals surface area contributed by atoms with Crippen LogP contribution in [0.4, 0.5) is 0 Å². The second kappa shape index (κ2) is 9.29. The van der Waals surface area contributed by atoms with Gasteiger partial charge in [0, 0.05) is 0 Å². The Hall–Kier alpha value is -0.763. The molecule has 0 spiro atoms. The molecule has 0 saturated heterocycles. The third-order valence-corrected chi connectivity index (χ3v) is 4.95. The maximum atomic E-state index is 6.00. The highest BCUT2D eigenvalue weighted by Gasteiger charge is 2.10. The molecule has 1 rings (SSSR count). The Bertz CT molecular complexity index is 266. The maximum absolute atomic E-state index is 6.00. The molecule has 0 aliphatic rings. The van der Waals surface area contributed by atoms with Crippen molar-refractivity contribution in [2.75, 3.05) is 0 Å². The molecule has 0 saturated carbocycles. The van der Waals surface area contributed by atoms with Crippen LogP contribution in [-0.4, -0.2) is 9.76 Å². The van der Waals surface area contributed by atoms with Crippen molar-refractivity contribution in [2.45, 2.75) is 57.9 Å². The monoisotopic (exact) mass is 250 g/mol. The zero-order valence-corrected chi connectivity index (χ0v) is 12.7. The van der Waals surface area contributed by atoms with Crippen LogP contribution in [0.2, 0.25) is 5.54 Å². The molecule has 0 fully saturated rings. The van der Waals surface area contributed by atoms with Gasteiger partial charge in [0.1, 0.15) is 5.75 Å². The number of rotatable bonds is 9. The topological polar surface area (TPSA) is 9.23 Å². The highest BCUT2D eigenvalue weighted by Crippen LogP contribution is 2.22. The summed E-state index contributed by atoms with van der Waals surface area (Å²) in [6, 6.07) is 10.3. The van der Waals surface area contributed by atoms with Crippen molar-refractivity contribution >= 4 is 9.76 Å². The third kappa shape index (κ3) is 6.52. The Balaban J connectivity index is 2.31. The normalized spacial score (nSPS) is 11.5. The van der Waals surface area contributed by atoms with Gasteiger partial charge in [-0.15, -0.1) is 0 Å². The Kier molecular flexibility index (Phi) is 7.81. The van der Waals surface area contributed by atoms with Crippen LogP contribution in [0.15, 0.2) is 30.3 Å². The van der Waals surface area contributed by atoms with Gasteiger partial charge in [0.2, 0.25) is 9.76 Å². The Labute approximate surface area is 109 Å². The summed E-state index contributed by atoms with van der Waals surface area (Å²) in [7, 11) is -0.414. The van der Waals surface area contributed by atoms with E-state index in [9.17, 15) is 0 Å². The van der Waals surface area contributed by atoms with E-state index in [2.05, 4.69) is 38.1 Å². The molecule has 0 radical (unpaired) electrons. The van der Waals surface area contributed by atoms with Crippen molar-refractivity contribution < 1.29 is 4.43 Å². The lowest BCUT2D eigenvalue weighted by molar-refractivity contribution is 0.524. The van der Waals surface area contributed by atoms with E-state index in [0.717, 1.165) is 11.3 Å². The highest BCUT2D eigenvalue weighted by atomic mass is 28.2. The van der Waals surface area contributed by atoms with Gasteiger partial charge >= 0.3 is 0 Å². The van der Waals surface area contributed by atoms with Crippen LogP contribution < -0.4 is 4.43 Å². The molecule has 17 heavy (non-hydrogen) atoms. The van der Waals surface area contributed by atoms with Crippen molar-refractivity contribution in [3.8, 4) is 5.75 Å². The van der Waals surface area contributed by atoms with E-state index in [1.165, 1.54) is 38.5 Å². The van der Waals surface area contributed by atoms with Gasteiger partial charge in [-0.1, -0.05) is 70.6 Å². The van der Waals surface area contributed by atoms with Gasteiger partial charge in [-0.2, -0.15) is 0 Å². The lowest BCUT2D eigenvalue weighted by Crippen LogP contribution is -2.11. The molecule has 0 unspecified atom stereocenters. The predicted molar refractivity (Wildman–Crippen MR) is 78.4 cm³/mol. The molecular weight excluding hydrogens is 224 g/mol. The first-order valence-corrected chi connectivity index (χ1v) is 8.44. The van der Waals surface area contributed by atoms with E-state index >= 15 is 0 Å². The second-order valence-corrected chi connectivity index (χ2v) is 6.55. The third-order valence-electron chi connectivity index (χ3n) is 3.16. The van der Waals surface area contributed by atoms with Crippen LogP contribution in [0.25, 0.3) is 0 Å². The summed E-state index contributed by atoms with van der Waals surface area (Å²) < 4.78 is 6.00. The summed E-state index contributed by atoms with van der Waals surface area (Å²) >= 11 is 0. The van der Waals surface area contributed by atoms with Crippen molar-refractivity contribution in [2.24, 2.45) is 0 Å².